The van der Waals surface area contributed by atoms with E-state index in [-0.39, 0.29) is 29.8 Å². The largest absolute Gasteiger partial charge is 0.458 e. The van der Waals surface area contributed by atoms with E-state index in [0.717, 1.165) is 12.8 Å². The van der Waals surface area contributed by atoms with Crippen LogP contribution >= 0.6 is 0 Å². The minimum absolute atomic E-state index is 0.0143. The van der Waals surface area contributed by atoms with Crippen molar-refractivity contribution in [2.45, 2.75) is 45.8 Å². The van der Waals surface area contributed by atoms with Crippen LogP contribution in [0.25, 0.3) is 0 Å². The predicted octanol–water partition coefficient (Wildman–Crippen LogP) is 1.26. The number of carbonyl (C=O) groups is 1. The quantitative estimate of drug-likeness (QED) is 0.648. The Morgan fingerprint density at radius 1 is 1.16 bits per heavy atom. The predicted molar refractivity (Wildman–Crippen MR) is 69.2 cm³/mol. The topological polar surface area (TPSA) is 66.8 Å². The average molecular weight is 266 g/mol. The van der Waals surface area contributed by atoms with Crippen LogP contribution in [0.15, 0.2) is 11.1 Å². The summed E-state index contributed by atoms with van der Waals surface area (Å²) in [5.74, 6) is -0.0766. The van der Waals surface area contributed by atoms with Crippen molar-refractivity contribution in [3.8, 4) is 0 Å². The van der Waals surface area contributed by atoms with Crippen LogP contribution in [0, 0.1) is 23.2 Å². The van der Waals surface area contributed by atoms with Gasteiger partial charge in [-0.1, -0.05) is 20.8 Å². The summed E-state index contributed by atoms with van der Waals surface area (Å²) in [6, 6.07) is 0. The first-order valence-corrected chi connectivity index (χ1v) is 7.08. The molecule has 0 aromatic heterocycles. The third-order valence-corrected chi connectivity index (χ3v) is 5.28. The van der Waals surface area contributed by atoms with E-state index in [9.17, 15) is 15.0 Å². The Morgan fingerprint density at radius 2 is 1.79 bits per heavy atom. The Kier molecular flexibility index (Phi) is 2.81. The highest BCUT2D eigenvalue weighted by Gasteiger charge is 2.52. The van der Waals surface area contributed by atoms with Gasteiger partial charge in [0.15, 0.2) is 0 Å². The molecule has 19 heavy (non-hydrogen) atoms. The van der Waals surface area contributed by atoms with Gasteiger partial charge in [-0.05, 0) is 36.0 Å². The van der Waals surface area contributed by atoms with Crippen molar-refractivity contribution >= 4 is 5.97 Å². The van der Waals surface area contributed by atoms with Gasteiger partial charge in [-0.3, -0.25) is 0 Å². The lowest BCUT2D eigenvalue weighted by molar-refractivity contribution is -0.137. The van der Waals surface area contributed by atoms with E-state index < -0.39 is 18.2 Å². The SMILES string of the molecule is CC1C(O)C2=C(COC2=O)C(O)C2CC(C)(C)CC12. The van der Waals surface area contributed by atoms with Gasteiger partial charge in [0.05, 0.1) is 17.8 Å². The minimum Gasteiger partial charge on any atom is -0.458 e. The number of esters is 1. The van der Waals surface area contributed by atoms with Gasteiger partial charge in [-0.2, -0.15) is 0 Å². The molecule has 0 aromatic rings. The Hall–Kier alpha value is -0.870. The lowest BCUT2D eigenvalue weighted by atomic mass is 9.80. The van der Waals surface area contributed by atoms with Crippen molar-refractivity contribution in [1.82, 2.24) is 0 Å². The maximum Gasteiger partial charge on any atom is 0.337 e. The summed E-state index contributed by atoms with van der Waals surface area (Å²) in [6.07, 6.45) is 0.472. The standard InChI is InChI=1S/C15H22O4/c1-7-8-4-15(2,3)5-9(8)13(17)10-6-19-14(18)11(10)12(7)16/h7-9,12-13,16-17H,4-6H2,1-3H3. The van der Waals surface area contributed by atoms with E-state index in [2.05, 4.69) is 13.8 Å². The maximum absolute atomic E-state index is 11.8. The Morgan fingerprint density at radius 3 is 2.47 bits per heavy atom. The Balaban J connectivity index is 2.03. The van der Waals surface area contributed by atoms with Crippen molar-refractivity contribution in [2.75, 3.05) is 6.61 Å². The number of hydrogen-bond donors (Lipinski definition) is 2. The third-order valence-electron chi connectivity index (χ3n) is 5.28. The molecule has 3 aliphatic rings. The Labute approximate surface area is 113 Å². The number of rotatable bonds is 0. The van der Waals surface area contributed by atoms with E-state index in [4.69, 9.17) is 4.74 Å². The zero-order valence-electron chi connectivity index (χ0n) is 11.7. The molecule has 0 bridgehead atoms. The van der Waals surface area contributed by atoms with E-state index in [0.29, 0.717) is 11.1 Å². The van der Waals surface area contributed by atoms with Crippen LogP contribution in [0.4, 0.5) is 0 Å². The first-order chi connectivity index (χ1) is 8.82. The van der Waals surface area contributed by atoms with Crippen LogP contribution in [0.3, 0.4) is 0 Å². The number of aliphatic hydroxyl groups is 2. The van der Waals surface area contributed by atoms with Crippen molar-refractivity contribution in [1.29, 1.82) is 0 Å². The van der Waals surface area contributed by atoms with E-state index in [1.54, 1.807) is 0 Å². The summed E-state index contributed by atoms with van der Waals surface area (Å²) >= 11 is 0. The van der Waals surface area contributed by atoms with Crippen LogP contribution in [-0.4, -0.2) is 35.0 Å². The van der Waals surface area contributed by atoms with Crippen molar-refractivity contribution < 1.29 is 19.7 Å². The summed E-state index contributed by atoms with van der Waals surface area (Å²) in [5, 5.41) is 21.1. The van der Waals surface area contributed by atoms with Crippen LogP contribution in [0.1, 0.15) is 33.6 Å². The zero-order chi connectivity index (χ0) is 13.9. The number of cyclic esters (lactones) is 1. The molecule has 0 amide bonds. The molecule has 5 unspecified atom stereocenters. The van der Waals surface area contributed by atoms with Gasteiger partial charge in [0.2, 0.25) is 0 Å². The second-order valence-electron chi connectivity index (χ2n) is 7.16. The highest BCUT2D eigenvalue weighted by molar-refractivity contribution is 5.93. The number of carbonyl (C=O) groups excluding carboxylic acids is 1. The number of aliphatic hydroxyl groups excluding tert-OH is 2. The van der Waals surface area contributed by atoms with E-state index in [1.165, 1.54) is 0 Å². The number of hydrogen-bond acceptors (Lipinski definition) is 4. The van der Waals surface area contributed by atoms with Gasteiger partial charge in [0, 0.05) is 5.57 Å². The van der Waals surface area contributed by atoms with Crippen LogP contribution < -0.4 is 0 Å². The minimum atomic E-state index is -0.802. The van der Waals surface area contributed by atoms with Crippen molar-refractivity contribution in [3.63, 3.8) is 0 Å². The molecule has 4 heteroatoms. The van der Waals surface area contributed by atoms with Gasteiger partial charge < -0.3 is 14.9 Å². The van der Waals surface area contributed by atoms with Gasteiger partial charge in [0.1, 0.15) is 6.61 Å². The van der Waals surface area contributed by atoms with E-state index >= 15 is 0 Å². The summed E-state index contributed by atoms with van der Waals surface area (Å²) in [6.45, 7) is 6.54. The molecule has 2 aliphatic carbocycles. The molecule has 106 valence electrons. The Bertz CT molecular complexity index is 451. The maximum atomic E-state index is 11.8. The molecule has 5 atom stereocenters. The van der Waals surface area contributed by atoms with Gasteiger partial charge in [-0.25, -0.2) is 4.79 Å². The first kappa shape index (κ1) is 13.1. The van der Waals surface area contributed by atoms with E-state index in [1.807, 2.05) is 6.92 Å². The fraction of sp³-hybridized carbons (Fsp3) is 0.800. The molecule has 1 heterocycles. The monoisotopic (exact) mass is 266 g/mol. The molecule has 0 radical (unpaired) electrons. The molecule has 1 saturated carbocycles. The molecule has 0 aromatic carbocycles. The highest BCUT2D eigenvalue weighted by Crippen LogP contribution is 2.53. The van der Waals surface area contributed by atoms with Crippen LogP contribution in [-0.2, 0) is 9.53 Å². The van der Waals surface area contributed by atoms with Gasteiger partial charge >= 0.3 is 5.97 Å². The average Bonchev–Trinajstić information content (AvgIpc) is 2.84. The second-order valence-corrected chi connectivity index (χ2v) is 7.16. The zero-order valence-corrected chi connectivity index (χ0v) is 11.7. The molecule has 1 fully saturated rings. The van der Waals surface area contributed by atoms with Crippen molar-refractivity contribution in [3.05, 3.63) is 11.1 Å². The third kappa shape index (κ3) is 1.84. The second kappa shape index (κ2) is 4.06. The fourth-order valence-electron chi connectivity index (χ4n) is 4.32. The molecular formula is C15H22O4. The normalized spacial score (nSPS) is 44.7. The fourth-order valence-corrected chi connectivity index (χ4v) is 4.32. The van der Waals surface area contributed by atoms with Gasteiger partial charge in [-0.15, -0.1) is 0 Å². The van der Waals surface area contributed by atoms with Crippen LogP contribution in [0.2, 0.25) is 0 Å². The number of fused-ring (bicyclic) bond motifs is 1. The van der Waals surface area contributed by atoms with Crippen molar-refractivity contribution in [2.24, 2.45) is 23.2 Å². The number of ether oxygens (including phenoxy) is 1. The summed E-state index contributed by atoms with van der Waals surface area (Å²) < 4.78 is 5.01. The smallest absolute Gasteiger partial charge is 0.337 e. The first-order valence-electron chi connectivity index (χ1n) is 7.08. The highest BCUT2D eigenvalue weighted by atomic mass is 16.5. The molecule has 0 spiro atoms. The molecule has 3 rings (SSSR count). The lowest BCUT2D eigenvalue weighted by Crippen LogP contribution is -2.31. The summed E-state index contributed by atoms with van der Waals surface area (Å²) in [7, 11) is 0. The molecule has 1 aliphatic heterocycles. The van der Waals surface area contributed by atoms with Crippen LogP contribution in [0.5, 0.6) is 0 Å². The summed E-state index contributed by atoms with van der Waals surface area (Å²) in [5.41, 5.74) is 1.13. The molecule has 0 saturated heterocycles. The van der Waals surface area contributed by atoms with Gasteiger partial charge in [0.25, 0.3) is 0 Å². The molecular weight excluding hydrogens is 244 g/mol. The molecule has 4 nitrogen and oxygen atoms in total. The summed E-state index contributed by atoms with van der Waals surface area (Å²) in [4.78, 5) is 11.8. The molecule has 2 N–H and O–H groups in total. The lowest BCUT2D eigenvalue weighted by Gasteiger charge is -2.28.